The Kier molecular flexibility index (Phi) is 5.57. The summed E-state index contributed by atoms with van der Waals surface area (Å²) in [5, 5.41) is 6.65. The predicted molar refractivity (Wildman–Crippen MR) is 90.5 cm³/mol. The maximum absolute atomic E-state index is 4.54. The Morgan fingerprint density at radius 1 is 1.40 bits per heavy atom. The van der Waals surface area contributed by atoms with Crippen LogP contribution in [0.5, 0.6) is 0 Å². The lowest BCUT2D eigenvalue weighted by molar-refractivity contribution is 0.722. The molecule has 1 aromatic heterocycles. The van der Waals surface area contributed by atoms with Crippen LogP contribution in [0.15, 0.2) is 28.1 Å². The molecule has 0 aliphatic rings. The minimum atomic E-state index is 0.833. The lowest BCUT2D eigenvalue weighted by Gasteiger charge is -2.22. The Labute approximate surface area is 133 Å². The lowest BCUT2D eigenvalue weighted by Crippen LogP contribution is -2.21. The summed E-state index contributed by atoms with van der Waals surface area (Å²) in [5.41, 5.74) is 3.68. The molecule has 0 unspecified atom stereocenters. The normalized spacial score (nSPS) is 10.8. The van der Waals surface area contributed by atoms with Crippen LogP contribution in [0.2, 0.25) is 0 Å². The monoisotopic (exact) mass is 353 g/mol. The fourth-order valence-electron chi connectivity index (χ4n) is 2.11. The van der Waals surface area contributed by atoms with Crippen molar-refractivity contribution in [3.63, 3.8) is 0 Å². The SMILES string of the molecule is CCNCc1ccc(Br)cc1N(C)Cc1csc(C)n1. The molecule has 3 nitrogen and oxygen atoms in total. The van der Waals surface area contributed by atoms with Gasteiger partial charge in [-0.2, -0.15) is 0 Å². The highest BCUT2D eigenvalue weighted by Crippen LogP contribution is 2.26. The fourth-order valence-corrected chi connectivity index (χ4v) is 3.06. The second-order valence-corrected chi connectivity index (χ2v) is 6.75. The number of nitrogens with one attached hydrogen (secondary N) is 1. The van der Waals surface area contributed by atoms with Gasteiger partial charge in [0.25, 0.3) is 0 Å². The Bertz CT molecular complexity index is 568. The number of halogens is 1. The van der Waals surface area contributed by atoms with Gasteiger partial charge in [-0.05, 0) is 31.2 Å². The van der Waals surface area contributed by atoms with Crippen molar-refractivity contribution in [2.45, 2.75) is 26.9 Å². The molecule has 0 bridgehead atoms. The second kappa shape index (κ2) is 7.20. The average molecular weight is 354 g/mol. The van der Waals surface area contributed by atoms with Crippen molar-refractivity contribution in [2.75, 3.05) is 18.5 Å². The molecule has 0 fully saturated rings. The highest BCUT2D eigenvalue weighted by atomic mass is 79.9. The van der Waals surface area contributed by atoms with Gasteiger partial charge < -0.3 is 10.2 Å². The topological polar surface area (TPSA) is 28.2 Å². The van der Waals surface area contributed by atoms with Gasteiger partial charge in [0.05, 0.1) is 17.2 Å². The van der Waals surface area contributed by atoms with Crippen molar-refractivity contribution in [3.8, 4) is 0 Å². The minimum Gasteiger partial charge on any atom is -0.368 e. The van der Waals surface area contributed by atoms with E-state index in [4.69, 9.17) is 0 Å². The van der Waals surface area contributed by atoms with Crippen molar-refractivity contribution in [2.24, 2.45) is 0 Å². The first-order valence-corrected chi connectivity index (χ1v) is 8.38. The molecule has 0 spiro atoms. The summed E-state index contributed by atoms with van der Waals surface area (Å²) in [4.78, 5) is 6.80. The maximum atomic E-state index is 4.54. The molecule has 108 valence electrons. The molecular weight excluding hydrogens is 334 g/mol. The standard InChI is InChI=1S/C15H20BrN3S/c1-4-17-8-12-5-6-13(16)7-15(12)19(3)9-14-10-20-11(2)18-14/h5-7,10,17H,4,8-9H2,1-3H3. The molecule has 0 radical (unpaired) electrons. The third kappa shape index (κ3) is 4.04. The summed E-state index contributed by atoms with van der Waals surface area (Å²) in [6.07, 6.45) is 0. The smallest absolute Gasteiger partial charge is 0.0898 e. The van der Waals surface area contributed by atoms with E-state index in [2.05, 4.69) is 68.7 Å². The van der Waals surface area contributed by atoms with E-state index in [9.17, 15) is 0 Å². The first-order valence-electron chi connectivity index (χ1n) is 6.71. The number of hydrogen-bond donors (Lipinski definition) is 1. The Hall–Kier alpha value is -0.910. The van der Waals surface area contributed by atoms with Crippen LogP contribution in [0.4, 0.5) is 5.69 Å². The quantitative estimate of drug-likeness (QED) is 0.851. The first-order chi connectivity index (χ1) is 9.60. The van der Waals surface area contributed by atoms with Gasteiger partial charge in [-0.25, -0.2) is 4.98 Å². The number of benzene rings is 1. The van der Waals surface area contributed by atoms with Crippen molar-refractivity contribution in [1.29, 1.82) is 0 Å². The van der Waals surface area contributed by atoms with Crippen LogP contribution in [-0.2, 0) is 13.1 Å². The van der Waals surface area contributed by atoms with Crippen LogP contribution >= 0.6 is 27.3 Å². The molecule has 2 aromatic rings. The largest absolute Gasteiger partial charge is 0.368 e. The number of thiazole rings is 1. The number of nitrogens with zero attached hydrogens (tertiary/aromatic N) is 2. The molecule has 1 heterocycles. The molecule has 2 rings (SSSR count). The van der Waals surface area contributed by atoms with Gasteiger partial charge in [-0.1, -0.05) is 28.9 Å². The molecule has 1 aromatic carbocycles. The molecule has 0 aliphatic carbocycles. The van der Waals surface area contributed by atoms with E-state index in [0.717, 1.165) is 34.8 Å². The van der Waals surface area contributed by atoms with Crippen molar-refractivity contribution in [1.82, 2.24) is 10.3 Å². The van der Waals surface area contributed by atoms with E-state index < -0.39 is 0 Å². The number of hydrogen-bond acceptors (Lipinski definition) is 4. The third-order valence-electron chi connectivity index (χ3n) is 3.09. The van der Waals surface area contributed by atoms with Gasteiger partial charge in [0.15, 0.2) is 0 Å². The highest BCUT2D eigenvalue weighted by Gasteiger charge is 2.10. The first kappa shape index (κ1) is 15.5. The zero-order valence-electron chi connectivity index (χ0n) is 12.1. The molecule has 0 saturated heterocycles. The fraction of sp³-hybridized carbons (Fsp3) is 0.400. The summed E-state index contributed by atoms with van der Waals surface area (Å²) in [6, 6.07) is 6.44. The number of aromatic nitrogens is 1. The van der Waals surface area contributed by atoms with E-state index >= 15 is 0 Å². The molecular formula is C15H20BrN3S. The average Bonchev–Trinajstić information content (AvgIpc) is 2.82. The maximum Gasteiger partial charge on any atom is 0.0898 e. The molecule has 0 amide bonds. The minimum absolute atomic E-state index is 0.833. The summed E-state index contributed by atoms with van der Waals surface area (Å²) in [7, 11) is 2.12. The number of aryl methyl sites for hydroxylation is 1. The van der Waals surface area contributed by atoms with Crippen LogP contribution in [0.1, 0.15) is 23.2 Å². The molecule has 0 atom stereocenters. The second-order valence-electron chi connectivity index (χ2n) is 4.77. The van der Waals surface area contributed by atoms with Gasteiger partial charge in [0.1, 0.15) is 0 Å². The molecule has 0 aliphatic heterocycles. The van der Waals surface area contributed by atoms with E-state index in [0.29, 0.717) is 0 Å². The molecule has 0 saturated carbocycles. The predicted octanol–water partition coefficient (Wildman–Crippen LogP) is 3.96. The Morgan fingerprint density at radius 2 is 2.20 bits per heavy atom. The van der Waals surface area contributed by atoms with Crippen LogP contribution < -0.4 is 10.2 Å². The molecule has 20 heavy (non-hydrogen) atoms. The van der Waals surface area contributed by atoms with Crippen molar-refractivity contribution >= 4 is 33.0 Å². The van der Waals surface area contributed by atoms with Gasteiger partial charge in [0.2, 0.25) is 0 Å². The number of rotatable bonds is 6. The molecule has 1 N–H and O–H groups in total. The van der Waals surface area contributed by atoms with Crippen LogP contribution in [-0.4, -0.2) is 18.6 Å². The van der Waals surface area contributed by atoms with Gasteiger partial charge >= 0.3 is 0 Å². The van der Waals surface area contributed by atoms with Gasteiger partial charge in [-0.15, -0.1) is 11.3 Å². The molecule has 5 heteroatoms. The zero-order chi connectivity index (χ0) is 14.5. The van der Waals surface area contributed by atoms with Crippen molar-refractivity contribution in [3.05, 3.63) is 44.3 Å². The summed E-state index contributed by atoms with van der Waals surface area (Å²) in [5.74, 6) is 0. The van der Waals surface area contributed by atoms with E-state index in [1.165, 1.54) is 11.3 Å². The van der Waals surface area contributed by atoms with E-state index in [-0.39, 0.29) is 0 Å². The summed E-state index contributed by atoms with van der Waals surface area (Å²) < 4.78 is 1.11. The van der Waals surface area contributed by atoms with E-state index in [1.54, 1.807) is 11.3 Å². The Balaban J connectivity index is 2.18. The Morgan fingerprint density at radius 3 is 2.85 bits per heavy atom. The number of anilines is 1. The van der Waals surface area contributed by atoms with Gasteiger partial charge in [-0.3, -0.25) is 0 Å². The summed E-state index contributed by atoms with van der Waals surface area (Å²) >= 11 is 5.27. The van der Waals surface area contributed by atoms with Crippen LogP contribution in [0.25, 0.3) is 0 Å². The summed E-state index contributed by atoms with van der Waals surface area (Å²) in [6.45, 7) is 6.87. The van der Waals surface area contributed by atoms with Gasteiger partial charge in [0, 0.05) is 29.1 Å². The third-order valence-corrected chi connectivity index (χ3v) is 4.41. The van der Waals surface area contributed by atoms with Crippen LogP contribution in [0, 0.1) is 6.92 Å². The van der Waals surface area contributed by atoms with Crippen LogP contribution in [0.3, 0.4) is 0 Å². The lowest BCUT2D eigenvalue weighted by atomic mass is 10.1. The highest BCUT2D eigenvalue weighted by molar-refractivity contribution is 9.10. The van der Waals surface area contributed by atoms with Crippen molar-refractivity contribution < 1.29 is 0 Å². The zero-order valence-corrected chi connectivity index (χ0v) is 14.5. The van der Waals surface area contributed by atoms with E-state index in [1.807, 2.05) is 6.92 Å².